The summed E-state index contributed by atoms with van der Waals surface area (Å²) in [6.45, 7) is 0.985. The molecule has 0 fully saturated rings. The summed E-state index contributed by atoms with van der Waals surface area (Å²) in [5.41, 5.74) is 9.83. The summed E-state index contributed by atoms with van der Waals surface area (Å²) in [6.07, 6.45) is 1.79. The maximum Gasteiger partial charge on any atom is 0.0890 e. The monoisotopic (exact) mass is 348 g/mol. The predicted molar refractivity (Wildman–Crippen MR) is 103 cm³/mol. The standard InChI is InChI=1S/C21H24N4O/c22-18(13-16-7-2-1-3-8-16)21(26)15-23-14-17-9-6-11-20(25-17)19-10-4-5-12-24-19/h1-12,18,21,23,26H,13-15,22H2/t18-,21+/m0/s1. The largest absolute Gasteiger partial charge is 0.390 e. The normalized spacial score (nSPS) is 13.3. The van der Waals surface area contributed by atoms with Gasteiger partial charge in [0.25, 0.3) is 0 Å². The molecule has 2 aromatic heterocycles. The minimum absolute atomic E-state index is 0.308. The van der Waals surface area contributed by atoms with E-state index in [-0.39, 0.29) is 6.04 Å². The van der Waals surface area contributed by atoms with Crippen LogP contribution in [0.5, 0.6) is 0 Å². The zero-order valence-electron chi connectivity index (χ0n) is 14.6. The number of aromatic nitrogens is 2. The van der Waals surface area contributed by atoms with E-state index in [1.54, 1.807) is 6.20 Å². The lowest BCUT2D eigenvalue weighted by molar-refractivity contribution is 0.141. The van der Waals surface area contributed by atoms with Crippen molar-refractivity contribution in [3.63, 3.8) is 0 Å². The van der Waals surface area contributed by atoms with Gasteiger partial charge in [-0.2, -0.15) is 0 Å². The molecule has 3 rings (SSSR count). The van der Waals surface area contributed by atoms with Gasteiger partial charge < -0.3 is 16.2 Å². The topological polar surface area (TPSA) is 84.1 Å². The third kappa shape index (κ3) is 5.20. The SMILES string of the molecule is N[C@@H](Cc1ccccc1)[C@H](O)CNCc1cccc(-c2ccccn2)n1. The number of pyridine rings is 2. The molecule has 3 aromatic rings. The van der Waals surface area contributed by atoms with E-state index in [9.17, 15) is 5.11 Å². The van der Waals surface area contributed by atoms with Crippen molar-refractivity contribution in [1.29, 1.82) is 0 Å². The van der Waals surface area contributed by atoms with E-state index < -0.39 is 6.10 Å². The van der Waals surface area contributed by atoms with Crippen LogP contribution in [0, 0.1) is 0 Å². The van der Waals surface area contributed by atoms with Crippen LogP contribution in [0.1, 0.15) is 11.3 Å². The molecule has 0 aliphatic heterocycles. The van der Waals surface area contributed by atoms with Crippen LogP contribution >= 0.6 is 0 Å². The van der Waals surface area contributed by atoms with Crippen molar-refractivity contribution in [1.82, 2.24) is 15.3 Å². The van der Waals surface area contributed by atoms with Gasteiger partial charge in [-0.25, -0.2) is 4.98 Å². The van der Waals surface area contributed by atoms with Gasteiger partial charge in [-0.05, 0) is 36.2 Å². The molecule has 0 saturated heterocycles. The quantitative estimate of drug-likeness (QED) is 0.581. The Morgan fingerprint density at radius 3 is 2.46 bits per heavy atom. The van der Waals surface area contributed by atoms with Crippen molar-refractivity contribution >= 4 is 0 Å². The zero-order valence-corrected chi connectivity index (χ0v) is 14.6. The third-order valence-corrected chi connectivity index (χ3v) is 4.20. The van der Waals surface area contributed by atoms with Crippen LogP contribution in [-0.2, 0) is 13.0 Å². The Labute approximate surface area is 153 Å². The lowest BCUT2D eigenvalue weighted by Crippen LogP contribution is -2.43. The smallest absolute Gasteiger partial charge is 0.0890 e. The van der Waals surface area contributed by atoms with Crippen molar-refractivity contribution in [3.8, 4) is 11.4 Å². The van der Waals surface area contributed by atoms with E-state index in [1.165, 1.54) is 0 Å². The summed E-state index contributed by atoms with van der Waals surface area (Å²) >= 11 is 0. The molecule has 134 valence electrons. The number of aliphatic hydroxyl groups is 1. The van der Waals surface area contributed by atoms with E-state index in [0.717, 1.165) is 22.6 Å². The summed E-state index contributed by atoms with van der Waals surface area (Å²) in [6, 6.07) is 21.3. The Hall–Kier alpha value is -2.60. The van der Waals surface area contributed by atoms with E-state index >= 15 is 0 Å². The highest BCUT2D eigenvalue weighted by molar-refractivity contribution is 5.53. The summed E-state index contributed by atoms with van der Waals surface area (Å²) in [7, 11) is 0. The average Bonchev–Trinajstić information content (AvgIpc) is 2.69. The average molecular weight is 348 g/mol. The predicted octanol–water partition coefficient (Wildman–Crippen LogP) is 2.16. The maximum absolute atomic E-state index is 10.3. The number of nitrogens with zero attached hydrogens (tertiary/aromatic N) is 2. The van der Waals surface area contributed by atoms with Crippen LogP contribution in [0.2, 0.25) is 0 Å². The first-order valence-corrected chi connectivity index (χ1v) is 8.78. The highest BCUT2D eigenvalue weighted by Crippen LogP contribution is 2.13. The lowest BCUT2D eigenvalue weighted by atomic mass is 10.0. The number of aliphatic hydroxyl groups excluding tert-OH is 1. The molecule has 5 heteroatoms. The van der Waals surface area contributed by atoms with Crippen LogP contribution in [0.4, 0.5) is 0 Å². The summed E-state index contributed by atoms with van der Waals surface area (Å²) in [5, 5.41) is 13.5. The van der Waals surface area contributed by atoms with Crippen LogP contribution < -0.4 is 11.1 Å². The second kappa shape index (κ2) is 9.20. The molecule has 0 amide bonds. The van der Waals surface area contributed by atoms with Crippen LogP contribution in [0.3, 0.4) is 0 Å². The second-order valence-electron chi connectivity index (χ2n) is 6.28. The van der Waals surface area contributed by atoms with E-state index in [0.29, 0.717) is 19.5 Å². The van der Waals surface area contributed by atoms with E-state index in [4.69, 9.17) is 5.73 Å². The summed E-state index contributed by atoms with van der Waals surface area (Å²) in [4.78, 5) is 8.94. The fourth-order valence-electron chi connectivity index (χ4n) is 2.76. The number of benzene rings is 1. The van der Waals surface area contributed by atoms with Crippen LogP contribution in [0.25, 0.3) is 11.4 Å². The molecule has 4 N–H and O–H groups in total. The fraction of sp³-hybridized carbons (Fsp3) is 0.238. The van der Waals surface area contributed by atoms with Crippen LogP contribution in [0.15, 0.2) is 72.9 Å². The molecule has 1 aromatic carbocycles. The van der Waals surface area contributed by atoms with Gasteiger partial charge in [-0.15, -0.1) is 0 Å². The molecule has 0 aliphatic carbocycles. The molecule has 0 unspecified atom stereocenters. The molecule has 0 saturated carbocycles. The van der Waals surface area contributed by atoms with Gasteiger partial charge in [0, 0.05) is 25.3 Å². The molecule has 0 bridgehead atoms. The first kappa shape index (κ1) is 18.2. The first-order chi connectivity index (χ1) is 12.7. The van der Waals surface area contributed by atoms with Crippen molar-refractivity contribution in [2.45, 2.75) is 25.1 Å². The Morgan fingerprint density at radius 2 is 1.69 bits per heavy atom. The lowest BCUT2D eigenvalue weighted by Gasteiger charge is -2.19. The highest BCUT2D eigenvalue weighted by atomic mass is 16.3. The molecule has 5 nitrogen and oxygen atoms in total. The van der Waals surface area contributed by atoms with Crippen molar-refractivity contribution < 1.29 is 5.11 Å². The first-order valence-electron chi connectivity index (χ1n) is 8.78. The van der Waals surface area contributed by atoms with Gasteiger partial charge in [-0.1, -0.05) is 42.5 Å². The van der Waals surface area contributed by atoms with Crippen LogP contribution in [-0.4, -0.2) is 33.8 Å². The molecule has 2 heterocycles. The molecule has 26 heavy (non-hydrogen) atoms. The fourth-order valence-corrected chi connectivity index (χ4v) is 2.76. The Bertz CT molecular complexity index is 795. The van der Waals surface area contributed by atoms with Crippen molar-refractivity contribution in [2.24, 2.45) is 5.73 Å². The van der Waals surface area contributed by atoms with Gasteiger partial charge in [0.05, 0.1) is 23.2 Å². The minimum Gasteiger partial charge on any atom is -0.390 e. The number of hydrogen-bond donors (Lipinski definition) is 3. The van der Waals surface area contributed by atoms with Gasteiger partial charge in [0.1, 0.15) is 0 Å². The number of nitrogens with one attached hydrogen (secondary N) is 1. The molecular formula is C21H24N4O. The maximum atomic E-state index is 10.3. The van der Waals surface area contributed by atoms with Gasteiger partial charge >= 0.3 is 0 Å². The van der Waals surface area contributed by atoms with E-state index in [2.05, 4.69) is 15.3 Å². The van der Waals surface area contributed by atoms with E-state index in [1.807, 2.05) is 66.7 Å². The van der Waals surface area contributed by atoms with Gasteiger partial charge in [-0.3, -0.25) is 4.98 Å². The third-order valence-electron chi connectivity index (χ3n) is 4.20. The molecule has 0 aliphatic rings. The van der Waals surface area contributed by atoms with Gasteiger partial charge in [0.2, 0.25) is 0 Å². The summed E-state index contributed by atoms with van der Waals surface area (Å²) < 4.78 is 0. The molecule has 0 radical (unpaired) electrons. The molecule has 0 spiro atoms. The zero-order chi connectivity index (χ0) is 18.2. The minimum atomic E-state index is -0.617. The molecule has 2 atom stereocenters. The Kier molecular flexibility index (Phi) is 6.44. The Morgan fingerprint density at radius 1 is 0.923 bits per heavy atom. The highest BCUT2D eigenvalue weighted by Gasteiger charge is 2.15. The number of hydrogen-bond acceptors (Lipinski definition) is 5. The molecular weight excluding hydrogens is 324 g/mol. The number of nitrogens with two attached hydrogens (primary N) is 1. The van der Waals surface area contributed by atoms with Crippen molar-refractivity contribution in [2.75, 3.05) is 6.54 Å². The number of rotatable bonds is 8. The second-order valence-corrected chi connectivity index (χ2v) is 6.28. The Balaban J connectivity index is 1.50. The van der Waals surface area contributed by atoms with Gasteiger partial charge in [0.15, 0.2) is 0 Å². The van der Waals surface area contributed by atoms with Crippen molar-refractivity contribution in [3.05, 3.63) is 84.2 Å². The summed E-state index contributed by atoms with van der Waals surface area (Å²) in [5.74, 6) is 0.